The molecule has 0 aliphatic heterocycles. The zero-order valence-electron chi connectivity index (χ0n) is 12.2. The first-order chi connectivity index (χ1) is 10.1. The van der Waals surface area contributed by atoms with Crippen molar-refractivity contribution in [2.45, 2.75) is 38.6 Å². The average Bonchev–Trinajstić information content (AvgIpc) is 3.09. The molecule has 0 spiro atoms. The highest BCUT2D eigenvalue weighted by atomic mass is 16.1. The molecule has 1 amide bonds. The van der Waals surface area contributed by atoms with Gasteiger partial charge in [0.2, 0.25) is 0 Å². The number of aromatic nitrogens is 2. The first-order valence-corrected chi connectivity index (χ1v) is 7.36. The van der Waals surface area contributed by atoms with Crippen LogP contribution in [0.1, 0.15) is 41.6 Å². The Hall–Kier alpha value is -2.30. The monoisotopic (exact) mass is 284 g/mol. The Bertz CT molecular complexity index is 639. The van der Waals surface area contributed by atoms with E-state index in [1.165, 1.54) is 18.4 Å². The van der Waals surface area contributed by atoms with Crippen LogP contribution < -0.4 is 11.1 Å². The van der Waals surface area contributed by atoms with Gasteiger partial charge in [-0.25, -0.2) is 4.68 Å². The van der Waals surface area contributed by atoms with Crippen molar-refractivity contribution in [3.8, 4) is 5.69 Å². The number of rotatable bonds is 3. The Labute approximate surface area is 124 Å². The van der Waals surface area contributed by atoms with Crippen LogP contribution >= 0.6 is 0 Å². The summed E-state index contributed by atoms with van der Waals surface area (Å²) in [5, 5.41) is 7.28. The van der Waals surface area contributed by atoms with Crippen LogP contribution in [0.25, 0.3) is 5.69 Å². The van der Waals surface area contributed by atoms with Gasteiger partial charge in [-0.15, -0.1) is 0 Å². The maximum absolute atomic E-state index is 12.3. The molecule has 0 radical (unpaired) electrons. The van der Waals surface area contributed by atoms with E-state index in [9.17, 15) is 4.79 Å². The van der Waals surface area contributed by atoms with Crippen molar-refractivity contribution in [3.63, 3.8) is 0 Å². The van der Waals surface area contributed by atoms with Gasteiger partial charge >= 0.3 is 0 Å². The highest BCUT2D eigenvalue weighted by Crippen LogP contribution is 2.21. The largest absolute Gasteiger partial charge is 0.383 e. The van der Waals surface area contributed by atoms with Crippen LogP contribution in [0.3, 0.4) is 0 Å². The summed E-state index contributed by atoms with van der Waals surface area (Å²) in [6, 6.07) is 8.15. The molecule has 0 atom stereocenters. The van der Waals surface area contributed by atoms with E-state index in [0.29, 0.717) is 11.4 Å². The van der Waals surface area contributed by atoms with Gasteiger partial charge in [-0.2, -0.15) is 5.10 Å². The normalized spacial score (nSPS) is 15.3. The van der Waals surface area contributed by atoms with Gasteiger partial charge in [-0.1, -0.05) is 30.5 Å². The van der Waals surface area contributed by atoms with Gasteiger partial charge in [-0.05, 0) is 31.9 Å². The lowest BCUT2D eigenvalue weighted by molar-refractivity contribution is 0.0939. The van der Waals surface area contributed by atoms with Crippen LogP contribution in [0.15, 0.2) is 30.5 Å². The third-order valence-electron chi connectivity index (χ3n) is 4.02. The summed E-state index contributed by atoms with van der Waals surface area (Å²) in [6.45, 7) is 2.02. The molecule has 1 fully saturated rings. The zero-order chi connectivity index (χ0) is 14.8. The lowest BCUT2D eigenvalue weighted by Gasteiger charge is -2.11. The number of carbonyl (C=O) groups excluding carboxylic acids is 1. The fourth-order valence-electron chi connectivity index (χ4n) is 2.76. The van der Waals surface area contributed by atoms with E-state index in [1.807, 2.05) is 31.2 Å². The highest BCUT2D eigenvalue weighted by Gasteiger charge is 2.21. The van der Waals surface area contributed by atoms with Crippen LogP contribution in [-0.2, 0) is 0 Å². The van der Waals surface area contributed by atoms with Gasteiger partial charge in [0.15, 0.2) is 0 Å². The molecule has 1 saturated carbocycles. The molecule has 2 aromatic rings. The van der Waals surface area contributed by atoms with E-state index < -0.39 is 0 Å². The van der Waals surface area contributed by atoms with Crippen molar-refractivity contribution in [1.82, 2.24) is 15.1 Å². The van der Waals surface area contributed by atoms with Crippen LogP contribution in [0.5, 0.6) is 0 Å². The molecule has 1 aromatic heterocycles. The van der Waals surface area contributed by atoms with Gasteiger partial charge in [0.1, 0.15) is 11.4 Å². The van der Waals surface area contributed by atoms with E-state index in [-0.39, 0.29) is 11.9 Å². The van der Waals surface area contributed by atoms with Gasteiger partial charge in [0.05, 0.1) is 11.9 Å². The summed E-state index contributed by atoms with van der Waals surface area (Å²) >= 11 is 0. The quantitative estimate of drug-likeness (QED) is 0.909. The minimum Gasteiger partial charge on any atom is -0.383 e. The second kappa shape index (κ2) is 5.60. The van der Waals surface area contributed by atoms with Gasteiger partial charge in [0, 0.05) is 6.04 Å². The number of benzene rings is 1. The minimum absolute atomic E-state index is 0.127. The second-order valence-electron chi connectivity index (χ2n) is 5.65. The van der Waals surface area contributed by atoms with Crippen LogP contribution in [0, 0.1) is 6.92 Å². The molecule has 3 rings (SSSR count). The Morgan fingerprint density at radius 1 is 1.29 bits per heavy atom. The molecule has 0 saturated heterocycles. The summed E-state index contributed by atoms with van der Waals surface area (Å²) in [4.78, 5) is 12.3. The van der Waals surface area contributed by atoms with Crippen molar-refractivity contribution in [2.24, 2.45) is 0 Å². The molecule has 21 heavy (non-hydrogen) atoms. The molecule has 5 nitrogen and oxygen atoms in total. The predicted molar refractivity (Wildman–Crippen MR) is 82.4 cm³/mol. The number of nitrogens with one attached hydrogen (secondary N) is 1. The number of hydrogen-bond acceptors (Lipinski definition) is 3. The molecular formula is C16H20N4O. The summed E-state index contributed by atoms with van der Waals surface area (Å²) in [6.07, 6.45) is 6.01. The van der Waals surface area contributed by atoms with Gasteiger partial charge in [-0.3, -0.25) is 4.79 Å². The topological polar surface area (TPSA) is 72.9 Å². The maximum atomic E-state index is 12.3. The predicted octanol–water partition coefficient (Wildman–Crippen LogP) is 2.44. The molecule has 0 unspecified atom stereocenters. The first-order valence-electron chi connectivity index (χ1n) is 7.36. The second-order valence-corrected chi connectivity index (χ2v) is 5.65. The lowest BCUT2D eigenvalue weighted by Crippen LogP contribution is -2.32. The third kappa shape index (κ3) is 2.77. The van der Waals surface area contributed by atoms with Crippen LogP contribution in [0.4, 0.5) is 5.82 Å². The zero-order valence-corrected chi connectivity index (χ0v) is 12.2. The standard InChI is InChI=1S/C16H20N4O/c1-11-6-8-13(9-7-11)20-15(17)14(10-18-20)16(21)19-12-4-2-3-5-12/h6-10,12H,2-5,17H2,1H3,(H,19,21). The smallest absolute Gasteiger partial charge is 0.256 e. The lowest BCUT2D eigenvalue weighted by atomic mass is 10.2. The SMILES string of the molecule is Cc1ccc(-n2ncc(C(=O)NC3CCCC3)c2N)cc1. The number of nitrogens with zero attached hydrogens (tertiary/aromatic N) is 2. The third-order valence-corrected chi connectivity index (χ3v) is 4.02. The summed E-state index contributed by atoms with van der Waals surface area (Å²) in [5.74, 6) is 0.257. The minimum atomic E-state index is -0.127. The van der Waals surface area contributed by atoms with Crippen molar-refractivity contribution in [1.29, 1.82) is 0 Å². The van der Waals surface area contributed by atoms with E-state index in [2.05, 4.69) is 10.4 Å². The number of carbonyl (C=O) groups is 1. The molecule has 3 N–H and O–H groups in total. The molecule has 1 heterocycles. The Balaban J connectivity index is 1.81. The number of aryl methyl sites for hydroxylation is 1. The molecule has 0 bridgehead atoms. The summed E-state index contributed by atoms with van der Waals surface area (Å²) < 4.78 is 1.60. The number of hydrogen-bond donors (Lipinski definition) is 2. The fourth-order valence-corrected chi connectivity index (χ4v) is 2.76. The van der Waals surface area contributed by atoms with Crippen molar-refractivity contribution >= 4 is 11.7 Å². The summed E-state index contributed by atoms with van der Waals surface area (Å²) in [5.41, 5.74) is 8.56. The van der Waals surface area contributed by atoms with Crippen LogP contribution in [0.2, 0.25) is 0 Å². The van der Waals surface area contributed by atoms with Gasteiger partial charge in [0.25, 0.3) is 5.91 Å². The molecular weight excluding hydrogens is 264 g/mol. The molecule has 1 aliphatic carbocycles. The number of amides is 1. The number of anilines is 1. The van der Waals surface area contributed by atoms with Crippen molar-refractivity contribution in [3.05, 3.63) is 41.6 Å². The number of nitrogen functional groups attached to an aromatic ring is 1. The average molecular weight is 284 g/mol. The molecule has 5 heteroatoms. The summed E-state index contributed by atoms with van der Waals surface area (Å²) in [7, 11) is 0. The first kappa shape index (κ1) is 13.7. The van der Waals surface area contributed by atoms with Gasteiger partial charge < -0.3 is 11.1 Å². The Morgan fingerprint density at radius 2 is 1.95 bits per heavy atom. The van der Waals surface area contributed by atoms with E-state index in [1.54, 1.807) is 10.9 Å². The highest BCUT2D eigenvalue weighted by molar-refractivity contribution is 5.98. The number of nitrogens with two attached hydrogens (primary N) is 1. The maximum Gasteiger partial charge on any atom is 0.256 e. The molecule has 1 aromatic carbocycles. The van der Waals surface area contributed by atoms with Crippen molar-refractivity contribution < 1.29 is 4.79 Å². The molecule has 110 valence electrons. The van der Waals surface area contributed by atoms with E-state index in [0.717, 1.165) is 18.5 Å². The van der Waals surface area contributed by atoms with Crippen molar-refractivity contribution in [2.75, 3.05) is 5.73 Å². The molecule has 1 aliphatic rings. The van der Waals surface area contributed by atoms with E-state index in [4.69, 9.17) is 5.73 Å². The van der Waals surface area contributed by atoms with E-state index >= 15 is 0 Å². The fraction of sp³-hybridized carbons (Fsp3) is 0.375. The Kier molecular flexibility index (Phi) is 3.64. The van der Waals surface area contributed by atoms with Crippen LogP contribution in [-0.4, -0.2) is 21.7 Å². The Morgan fingerprint density at radius 3 is 2.62 bits per heavy atom.